The van der Waals surface area contributed by atoms with Crippen LogP contribution in [0.25, 0.3) is 10.8 Å². The van der Waals surface area contributed by atoms with Crippen LogP contribution in [0.5, 0.6) is 0 Å². The molecule has 0 aromatic heterocycles. The van der Waals surface area contributed by atoms with Gasteiger partial charge in [0.2, 0.25) is 0 Å². The van der Waals surface area contributed by atoms with E-state index in [1.54, 1.807) is 12.2 Å². The second-order valence-corrected chi connectivity index (χ2v) is 6.85. The molecule has 6 nitrogen and oxygen atoms in total. The number of nitrogens with one attached hydrogen (secondary N) is 2. The first kappa shape index (κ1) is 18.5. The topological polar surface area (TPSA) is 103 Å². The van der Waals surface area contributed by atoms with Crippen molar-refractivity contribution in [2.24, 2.45) is 10.7 Å². The minimum absolute atomic E-state index is 0.208. The molecule has 0 saturated carbocycles. The summed E-state index contributed by atoms with van der Waals surface area (Å²) in [6, 6.07) is 11.2. The lowest BCUT2D eigenvalue weighted by atomic mass is 10.0. The second kappa shape index (κ2) is 7.98. The third kappa shape index (κ3) is 4.13. The van der Waals surface area contributed by atoms with Crippen molar-refractivity contribution in [3.05, 3.63) is 59.8 Å². The van der Waals surface area contributed by atoms with Crippen molar-refractivity contribution in [2.75, 3.05) is 11.6 Å². The molecule has 0 radical (unpaired) electrons. The maximum absolute atomic E-state index is 12.5. The highest BCUT2D eigenvalue weighted by atomic mass is 32.2. The molecule has 3 rings (SSSR count). The summed E-state index contributed by atoms with van der Waals surface area (Å²) in [4.78, 5) is 17.0. The SMILES string of the molecule is CSC(N)=Nc1c(C)ccc2ccc(NC(=O)C3C=CC(C#N)=CN3)cc12. The molecule has 136 valence electrons. The fourth-order valence-corrected chi connectivity index (χ4v) is 2.91. The molecule has 0 aliphatic carbocycles. The Bertz CT molecular complexity index is 1030. The number of carbonyl (C=O) groups is 1. The maximum Gasteiger partial charge on any atom is 0.250 e. The Hall–Kier alpha value is -3.24. The van der Waals surface area contributed by atoms with E-state index in [9.17, 15) is 4.79 Å². The molecule has 7 heteroatoms. The van der Waals surface area contributed by atoms with Crippen LogP contribution in [0.4, 0.5) is 11.4 Å². The van der Waals surface area contributed by atoms with Gasteiger partial charge in [-0.25, -0.2) is 4.99 Å². The number of dihydropyridines is 1. The molecule has 1 unspecified atom stereocenters. The van der Waals surface area contributed by atoms with Crippen molar-refractivity contribution in [1.82, 2.24) is 5.32 Å². The van der Waals surface area contributed by atoms with Crippen LogP contribution in [0.15, 0.2) is 59.2 Å². The van der Waals surface area contributed by atoms with E-state index in [4.69, 9.17) is 11.0 Å². The molecule has 4 N–H and O–H groups in total. The van der Waals surface area contributed by atoms with Gasteiger partial charge in [0.05, 0.1) is 11.3 Å². The Morgan fingerprint density at radius 1 is 1.37 bits per heavy atom. The molecular formula is C20H19N5OS. The van der Waals surface area contributed by atoms with E-state index in [2.05, 4.69) is 15.6 Å². The number of hydrogen-bond acceptors (Lipinski definition) is 5. The Morgan fingerprint density at radius 2 is 2.15 bits per heavy atom. The van der Waals surface area contributed by atoms with Crippen LogP contribution in [0, 0.1) is 18.3 Å². The van der Waals surface area contributed by atoms with Crippen molar-refractivity contribution < 1.29 is 4.79 Å². The van der Waals surface area contributed by atoms with Crippen molar-refractivity contribution >= 4 is 45.0 Å². The van der Waals surface area contributed by atoms with Gasteiger partial charge in [-0.3, -0.25) is 4.79 Å². The number of nitrogens with zero attached hydrogens (tertiary/aromatic N) is 2. The third-order valence-corrected chi connectivity index (χ3v) is 4.70. The van der Waals surface area contributed by atoms with Gasteiger partial charge in [-0.05, 0) is 42.3 Å². The summed E-state index contributed by atoms with van der Waals surface area (Å²) in [7, 11) is 0. The molecule has 0 spiro atoms. The number of rotatable bonds is 3. The van der Waals surface area contributed by atoms with E-state index in [0.29, 0.717) is 16.4 Å². The largest absolute Gasteiger partial charge is 0.378 e. The maximum atomic E-state index is 12.5. The van der Waals surface area contributed by atoms with Gasteiger partial charge >= 0.3 is 0 Å². The fourth-order valence-electron chi connectivity index (χ4n) is 2.73. The van der Waals surface area contributed by atoms with Crippen LogP contribution < -0.4 is 16.4 Å². The van der Waals surface area contributed by atoms with Crippen molar-refractivity contribution in [3.8, 4) is 6.07 Å². The number of nitriles is 1. The summed E-state index contributed by atoms with van der Waals surface area (Å²) in [6.07, 6.45) is 6.70. The highest BCUT2D eigenvalue weighted by Crippen LogP contribution is 2.32. The Labute approximate surface area is 161 Å². The number of fused-ring (bicyclic) bond motifs is 1. The first-order chi connectivity index (χ1) is 13.0. The Morgan fingerprint density at radius 3 is 2.81 bits per heavy atom. The Balaban J connectivity index is 1.89. The molecule has 0 fully saturated rings. The van der Waals surface area contributed by atoms with Crippen LogP contribution >= 0.6 is 11.8 Å². The molecule has 0 saturated heterocycles. The van der Waals surface area contributed by atoms with Crippen LogP contribution in [0.1, 0.15) is 5.56 Å². The van der Waals surface area contributed by atoms with Crippen molar-refractivity contribution in [2.45, 2.75) is 13.0 Å². The molecule has 2 aromatic rings. The lowest BCUT2D eigenvalue weighted by Gasteiger charge is -2.17. The number of amidine groups is 1. The van der Waals surface area contributed by atoms with Gasteiger partial charge in [0.15, 0.2) is 5.17 Å². The summed E-state index contributed by atoms with van der Waals surface area (Å²) >= 11 is 1.39. The summed E-state index contributed by atoms with van der Waals surface area (Å²) < 4.78 is 0. The number of allylic oxidation sites excluding steroid dienone is 2. The summed E-state index contributed by atoms with van der Waals surface area (Å²) in [5, 5.41) is 17.1. The van der Waals surface area contributed by atoms with Gasteiger partial charge in [-0.2, -0.15) is 5.26 Å². The molecule has 1 aliphatic heterocycles. The number of nitrogens with two attached hydrogens (primary N) is 1. The lowest BCUT2D eigenvalue weighted by molar-refractivity contribution is -0.116. The molecule has 1 amide bonds. The van der Waals surface area contributed by atoms with Gasteiger partial charge in [0, 0.05) is 17.3 Å². The standard InChI is InChI=1S/C20H19N5OS/c1-12-3-5-14-6-7-15(9-16(14)18(12)25-20(22)27-2)24-19(26)17-8-4-13(10-21)11-23-17/h3-9,11,17,23H,1-2H3,(H2,22,25)(H,24,26). The molecule has 27 heavy (non-hydrogen) atoms. The van der Waals surface area contributed by atoms with Crippen molar-refractivity contribution in [1.29, 1.82) is 5.26 Å². The van der Waals surface area contributed by atoms with E-state index >= 15 is 0 Å². The average molecular weight is 377 g/mol. The molecule has 1 atom stereocenters. The first-order valence-corrected chi connectivity index (χ1v) is 9.51. The number of benzene rings is 2. The zero-order valence-corrected chi connectivity index (χ0v) is 15.8. The van der Waals surface area contributed by atoms with Gasteiger partial charge in [-0.1, -0.05) is 36.0 Å². The minimum atomic E-state index is -0.528. The van der Waals surface area contributed by atoms with Gasteiger partial charge < -0.3 is 16.4 Å². The number of aryl methyl sites for hydroxylation is 1. The van der Waals surface area contributed by atoms with E-state index in [1.807, 2.05) is 49.6 Å². The molecule has 0 bridgehead atoms. The van der Waals surface area contributed by atoms with Crippen molar-refractivity contribution in [3.63, 3.8) is 0 Å². The number of hydrogen-bond donors (Lipinski definition) is 3. The van der Waals surface area contributed by atoms with Gasteiger partial charge in [0.25, 0.3) is 5.91 Å². The monoisotopic (exact) mass is 377 g/mol. The second-order valence-electron chi connectivity index (χ2n) is 6.03. The van der Waals surface area contributed by atoms with Crippen LogP contribution in [-0.4, -0.2) is 23.4 Å². The lowest BCUT2D eigenvalue weighted by Crippen LogP contribution is -2.37. The summed E-state index contributed by atoms with van der Waals surface area (Å²) in [5.41, 5.74) is 8.86. The molecular weight excluding hydrogens is 358 g/mol. The smallest absolute Gasteiger partial charge is 0.250 e. The average Bonchev–Trinajstić information content (AvgIpc) is 2.70. The highest BCUT2D eigenvalue weighted by Gasteiger charge is 2.17. The highest BCUT2D eigenvalue weighted by molar-refractivity contribution is 8.13. The zero-order valence-electron chi connectivity index (χ0n) is 15.0. The van der Waals surface area contributed by atoms with E-state index in [-0.39, 0.29) is 5.91 Å². The fraction of sp³-hybridized carbons (Fsp3) is 0.150. The van der Waals surface area contributed by atoms with Gasteiger partial charge in [-0.15, -0.1) is 0 Å². The number of amides is 1. The number of anilines is 1. The summed E-state index contributed by atoms with van der Waals surface area (Å²) in [6.45, 7) is 1.98. The molecule has 2 aromatic carbocycles. The summed E-state index contributed by atoms with van der Waals surface area (Å²) in [5.74, 6) is -0.208. The van der Waals surface area contributed by atoms with E-state index < -0.39 is 6.04 Å². The molecule has 1 aliphatic rings. The quantitative estimate of drug-likeness (QED) is 0.562. The zero-order chi connectivity index (χ0) is 19.4. The number of thioether (sulfide) groups is 1. The van der Waals surface area contributed by atoms with E-state index in [1.165, 1.54) is 18.0 Å². The van der Waals surface area contributed by atoms with Crippen LogP contribution in [-0.2, 0) is 4.79 Å². The van der Waals surface area contributed by atoms with Crippen LogP contribution in [0.3, 0.4) is 0 Å². The Kier molecular flexibility index (Phi) is 5.48. The number of aliphatic imine (C=N–C) groups is 1. The predicted octanol–water partition coefficient (Wildman–Crippen LogP) is 3.33. The third-order valence-electron chi connectivity index (χ3n) is 4.19. The van der Waals surface area contributed by atoms with Gasteiger partial charge in [0.1, 0.15) is 12.1 Å². The number of carbonyl (C=O) groups excluding carboxylic acids is 1. The van der Waals surface area contributed by atoms with E-state index in [0.717, 1.165) is 22.0 Å². The van der Waals surface area contributed by atoms with Crippen LogP contribution in [0.2, 0.25) is 0 Å². The first-order valence-electron chi connectivity index (χ1n) is 8.28. The normalized spacial score (nSPS) is 16.4. The molecule has 1 heterocycles. The predicted molar refractivity (Wildman–Crippen MR) is 112 cm³/mol. The minimum Gasteiger partial charge on any atom is -0.378 e.